The molecule has 15 heteroatoms. The van der Waals surface area contributed by atoms with Gasteiger partial charge in [0, 0.05) is 17.6 Å². The van der Waals surface area contributed by atoms with Crippen molar-refractivity contribution in [2.75, 3.05) is 6.79 Å². The summed E-state index contributed by atoms with van der Waals surface area (Å²) in [5.74, 6) is -3.46. The summed E-state index contributed by atoms with van der Waals surface area (Å²) in [5.41, 5.74) is -2.68. The van der Waals surface area contributed by atoms with Crippen molar-refractivity contribution in [3.63, 3.8) is 0 Å². The summed E-state index contributed by atoms with van der Waals surface area (Å²) in [4.78, 5) is -1.14. The SMILES string of the molecule is CC(C)OSC12O[Si]3(C)C(OC1(O[SiH](C)C)C2C([SiH2]O[SiH](C)C)C(C)(O)OCO)C3(O)OC(C)C. The van der Waals surface area contributed by atoms with E-state index in [0.717, 1.165) is 12.0 Å². The molecule has 3 rings (SSSR count). The normalized spacial score (nSPS) is 41.1. The van der Waals surface area contributed by atoms with E-state index in [4.69, 9.17) is 31.4 Å². The van der Waals surface area contributed by atoms with Gasteiger partial charge >= 0.3 is 0 Å². The van der Waals surface area contributed by atoms with Gasteiger partial charge in [0.15, 0.2) is 38.6 Å². The Labute approximate surface area is 220 Å². The van der Waals surface area contributed by atoms with Gasteiger partial charge in [0.1, 0.15) is 12.5 Å². The van der Waals surface area contributed by atoms with E-state index in [1.54, 1.807) is 0 Å². The van der Waals surface area contributed by atoms with Crippen LogP contribution in [0.25, 0.3) is 0 Å². The molecule has 0 aromatic carbocycles. The maximum absolute atomic E-state index is 11.4. The highest BCUT2D eigenvalue weighted by Gasteiger charge is 2.98. The molecule has 0 amide bonds. The van der Waals surface area contributed by atoms with Gasteiger partial charge in [-0.2, -0.15) is 0 Å². The monoisotopic (exact) mass is 588 g/mol. The minimum atomic E-state index is -2.96. The highest BCUT2D eigenvalue weighted by atomic mass is 32.2. The third-order valence-corrected chi connectivity index (χ3v) is 17.7. The first-order valence-electron chi connectivity index (χ1n) is 12.4. The minimum Gasteiger partial charge on any atom is -0.462 e. The Morgan fingerprint density at radius 3 is 2.26 bits per heavy atom. The topological polar surface area (TPSA) is 125 Å². The quantitative estimate of drug-likeness (QED) is 0.152. The van der Waals surface area contributed by atoms with E-state index in [0.29, 0.717) is 0 Å². The third kappa shape index (κ3) is 5.21. The molecule has 1 saturated carbocycles. The molecule has 10 nitrogen and oxygen atoms in total. The highest BCUT2D eigenvalue weighted by Crippen LogP contribution is 2.79. The number of aliphatic hydroxyl groups excluding tert-OH is 1. The van der Waals surface area contributed by atoms with Gasteiger partial charge in [-0.15, -0.1) is 0 Å². The first kappa shape index (κ1) is 30.4. The Kier molecular flexibility index (Phi) is 9.04. The van der Waals surface area contributed by atoms with Crippen LogP contribution in [0.1, 0.15) is 34.6 Å². The lowest BCUT2D eigenvalue weighted by Crippen LogP contribution is -2.47. The second-order valence-corrected chi connectivity index (χ2v) is 22.7. The predicted octanol–water partition coefficient (Wildman–Crippen LogP) is 0.825. The third-order valence-electron chi connectivity index (χ3n) is 6.61. The van der Waals surface area contributed by atoms with Crippen LogP contribution in [0.3, 0.4) is 0 Å². The van der Waals surface area contributed by atoms with E-state index in [9.17, 15) is 15.3 Å². The van der Waals surface area contributed by atoms with Crippen LogP contribution in [-0.4, -0.2) is 98.1 Å². The molecule has 206 valence electrons. The Morgan fingerprint density at radius 1 is 1.14 bits per heavy atom. The van der Waals surface area contributed by atoms with Gasteiger partial charge in [-0.25, -0.2) is 0 Å². The zero-order valence-electron chi connectivity index (χ0n) is 22.6. The number of ether oxygens (including phenoxy) is 3. The van der Waals surface area contributed by atoms with Crippen molar-refractivity contribution < 1.29 is 46.7 Å². The Morgan fingerprint density at radius 2 is 1.77 bits per heavy atom. The van der Waals surface area contributed by atoms with Crippen molar-refractivity contribution >= 4 is 48.2 Å². The number of hydrogen-bond acceptors (Lipinski definition) is 11. The van der Waals surface area contributed by atoms with Gasteiger partial charge < -0.3 is 46.7 Å². The van der Waals surface area contributed by atoms with Crippen LogP contribution in [0.15, 0.2) is 0 Å². The molecule has 0 radical (unpaired) electrons. The van der Waals surface area contributed by atoms with Crippen LogP contribution >= 0.6 is 12.0 Å². The fourth-order valence-electron chi connectivity index (χ4n) is 4.99. The maximum atomic E-state index is 11.4. The summed E-state index contributed by atoms with van der Waals surface area (Å²) in [7, 11) is -7.48. The standard InChI is InChI=1S/C20H44O10SSi4/c1-12(2)25-20(23)16-26-18(28-33(6)7)14(15(32-30-34(8)9)17(5,22)24-11-21)19(18,29-35(16,20)10)31-27-13(3)4/h12-16,21-23,33-34H,11,32H2,1-10H3. The van der Waals surface area contributed by atoms with Crippen LogP contribution in [-0.2, 0) is 31.4 Å². The Balaban J connectivity index is 2.08. The van der Waals surface area contributed by atoms with Crippen LogP contribution in [0.5, 0.6) is 0 Å². The van der Waals surface area contributed by atoms with Gasteiger partial charge in [-0.1, -0.05) is 0 Å². The van der Waals surface area contributed by atoms with E-state index in [1.165, 1.54) is 6.92 Å². The average Bonchev–Trinajstić information content (AvgIpc) is 3.40. The molecule has 35 heavy (non-hydrogen) atoms. The smallest absolute Gasteiger partial charge is 0.292 e. The zero-order chi connectivity index (χ0) is 26.6. The molecular weight excluding hydrogens is 545 g/mol. The van der Waals surface area contributed by atoms with Crippen molar-refractivity contribution in [1.82, 2.24) is 0 Å². The van der Waals surface area contributed by atoms with Crippen molar-refractivity contribution in [3.8, 4) is 0 Å². The van der Waals surface area contributed by atoms with E-state index < -0.39 is 82.1 Å². The van der Waals surface area contributed by atoms with Gasteiger partial charge in [-0.05, 0) is 67.4 Å². The molecule has 2 saturated heterocycles. The highest BCUT2D eigenvalue weighted by molar-refractivity contribution is 7.96. The molecular formula is C20H44O10SSi4. The first-order chi connectivity index (χ1) is 16.0. The number of fused-ring (bicyclic) bond motifs is 2. The minimum absolute atomic E-state index is 0.116. The molecule has 8 unspecified atom stereocenters. The molecule has 0 aromatic rings. The Hall–Kier alpha value is 0.818. The summed E-state index contributed by atoms with van der Waals surface area (Å²) in [6.45, 7) is 18.6. The van der Waals surface area contributed by atoms with Crippen LogP contribution < -0.4 is 0 Å². The summed E-state index contributed by atoms with van der Waals surface area (Å²) in [5, 5.41) is 32.3. The molecule has 0 bridgehead atoms. The van der Waals surface area contributed by atoms with Gasteiger partial charge in [0.2, 0.25) is 11.2 Å². The molecule has 3 aliphatic rings. The fourth-order valence-corrected chi connectivity index (χ4v) is 15.4. The average molecular weight is 589 g/mol. The molecule has 2 heterocycles. The number of rotatable bonds is 14. The lowest BCUT2D eigenvalue weighted by atomic mass is 10.1. The van der Waals surface area contributed by atoms with Crippen LogP contribution in [0, 0.1) is 5.92 Å². The first-order valence-corrected chi connectivity index (χ1v) is 22.6. The van der Waals surface area contributed by atoms with E-state index >= 15 is 0 Å². The van der Waals surface area contributed by atoms with E-state index in [2.05, 4.69) is 13.1 Å². The molecule has 8 atom stereocenters. The van der Waals surface area contributed by atoms with Gasteiger partial charge in [0.05, 0.1) is 18.1 Å². The second-order valence-electron chi connectivity index (χ2n) is 11.1. The molecule has 1 aliphatic carbocycles. The fraction of sp³-hybridized carbons (Fsp3) is 1.00. The summed E-state index contributed by atoms with van der Waals surface area (Å²) in [6, 6.07) is 0. The van der Waals surface area contributed by atoms with Gasteiger partial charge in [0.25, 0.3) is 8.32 Å². The zero-order valence-corrected chi connectivity index (χ0v) is 28.1. The summed E-state index contributed by atoms with van der Waals surface area (Å²) in [6.07, 6.45) is -0.334. The molecule has 0 aromatic heterocycles. The summed E-state index contributed by atoms with van der Waals surface area (Å²) < 4.78 is 43.7. The Bertz CT molecular complexity index is 763. The van der Waals surface area contributed by atoms with Crippen molar-refractivity contribution in [3.05, 3.63) is 0 Å². The van der Waals surface area contributed by atoms with Crippen molar-refractivity contribution in [2.24, 2.45) is 5.92 Å². The largest absolute Gasteiger partial charge is 0.462 e. The van der Waals surface area contributed by atoms with Crippen molar-refractivity contribution in [2.45, 2.75) is 113 Å². The molecule has 3 fully saturated rings. The lowest BCUT2D eigenvalue weighted by Gasteiger charge is -2.34. The van der Waals surface area contributed by atoms with Crippen LogP contribution in [0.4, 0.5) is 0 Å². The maximum Gasteiger partial charge on any atom is 0.292 e. The summed E-state index contributed by atoms with van der Waals surface area (Å²) >= 11 is 1.14. The second kappa shape index (κ2) is 10.4. The van der Waals surface area contributed by atoms with Gasteiger partial charge in [-0.3, -0.25) is 0 Å². The number of aliphatic hydroxyl groups is 3. The van der Waals surface area contributed by atoms with Crippen molar-refractivity contribution in [1.29, 1.82) is 0 Å². The number of hydrogen-bond donors (Lipinski definition) is 3. The van der Waals surface area contributed by atoms with E-state index in [-0.39, 0.29) is 12.2 Å². The molecule has 2 aliphatic heterocycles. The lowest BCUT2D eigenvalue weighted by molar-refractivity contribution is -0.242. The van der Waals surface area contributed by atoms with E-state index in [1.807, 2.05) is 47.3 Å². The van der Waals surface area contributed by atoms with Crippen LogP contribution in [0.2, 0.25) is 38.3 Å². The molecule has 3 N–H and O–H groups in total. The molecule has 0 spiro atoms. The predicted molar refractivity (Wildman–Crippen MR) is 143 cm³/mol.